The molecule has 0 saturated heterocycles. The van der Waals surface area contributed by atoms with Crippen molar-refractivity contribution in [1.82, 2.24) is 0 Å². The number of ether oxygens (including phenoxy) is 2. The number of benzene rings is 1. The summed E-state index contributed by atoms with van der Waals surface area (Å²) in [5, 5.41) is 2.42. The molecule has 1 unspecified atom stereocenters. The summed E-state index contributed by atoms with van der Waals surface area (Å²) >= 11 is 0. The van der Waals surface area contributed by atoms with Crippen LogP contribution in [0.5, 0.6) is 0 Å². The molecule has 0 radical (unpaired) electrons. The van der Waals surface area contributed by atoms with Crippen LogP contribution in [0.1, 0.15) is 12.5 Å². The number of methoxy groups -OCH3 is 1. The van der Waals surface area contributed by atoms with Crippen molar-refractivity contribution in [2.45, 2.75) is 19.2 Å². The summed E-state index contributed by atoms with van der Waals surface area (Å²) in [5.41, 5.74) is 4.58. The zero-order valence-corrected chi connectivity index (χ0v) is 11.7. The molecule has 0 spiro atoms. The van der Waals surface area contributed by atoms with Crippen molar-refractivity contribution < 1.29 is 27.4 Å². The lowest BCUT2D eigenvalue weighted by Crippen LogP contribution is -2.29. The molecule has 1 atom stereocenters. The molecule has 8 heteroatoms. The Balaban J connectivity index is 2.68. The van der Waals surface area contributed by atoms with Gasteiger partial charge in [-0.15, -0.1) is 0 Å². The van der Waals surface area contributed by atoms with E-state index >= 15 is 0 Å². The largest absolute Gasteiger partial charge is 0.416 e. The molecular weight excluding hydrogens is 289 g/mol. The number of anilines is 2. The molecule has 118 valence electrons. The van der Waals surface area contributed by atoms with Crippen molar-refractivity contribution in [1.29, 1.82) is 0 Å². The molecule has 1 aromatic carbocycles. The van der Waals surface area contributed by atoms with Crippen molar-refractivity contribution in [3.63, 3.8) is 0 Å². The van der Waals surface area contributed by atoms with E-state index < -0.39 is 23.8 Å². The van der Waals surface area contributed by atoms with E-state index in [1.54, 1.807) is 0 Å². The van der Waals surface area contributed by atoms with Crippen molar-refractivity contribution >= 4 is 17.3 Å². The number of carbonyl (C=O) groups excluding carboxylic acids is 1. The molecule has 0 aromatic heterocycles. The van der Waals surface area contributed by atoms with E-state index in [9.17, 15) is 18.0 Å². The Bertz CT molecular complexity index is 492. The third-order valence-electron chi connectivity index (χ3n) is 2.66. The summed E-state index contributed by atoms with van der Waals surface area (Å²) in [7, 11) is 1.50. The highest BCUT2D eigenvalue weighted by molar-refractivity contribution is 5.96. The third-order valence-corrected chi connectivity index (χ3v) is 2.66. The minimum atomic E-state index is -4.48. The number of nitrogen functional groups attached to an aromatic ring is 1. The van der Waals surface area contributed by atoms with Crippen LogP contribution in [0.4, 0.5) is 24.5 Å². The van der Waals surface area contributed by atoms with Gasteiger partial charge in [-0.05, 0) is 25.1 Å². The molecule has 0 fully saturated rings. The first-order chi connectivity index (χ1) is 9.75. The number of amides is 1. The number of nitrogens with two attached hydrogens (primary N) is 1. The molecule has 0 saturated carbocycles. The number of nitrogens with one attached hydrogen (secondary N) is 1. The maximum absolute atomic E-state index is 12.5. The fourth-order valence-corrected chi connectivity index (χ4v) is 1.47. The minimum Gasteiger partial charge on any atom is -0.397 e. The second-order valence-electron chi connectivity index (χ2n) is 4.29. The Morgan fingerprint density at radius 2 is 2.05 bits per heavy atom. The van der Waals surface area contributed by atoms with Gasteiger partial charge in [-0.2, -0.15) is 13.2 Å². The fourth-order valence-electron chi connectivity index (χ4n) is 1.47. The Kier molecular flexibility index (Phi) is 5.98. The summed E-state index contributed by atoms with van der Waals surface area (Å²) in [6, 6.07) is 2.73. The molecule has 21 heavy (non-hydrogen) atoms. The summed E-state index contributed by atoms with van der Waals surface area (Å²) in [5.74, 6) is -0.502. The molecule has 3 N–H and O–H groups in total. The van der Waals surface area contributed by atoms with Crippen molar-refractivity contribution in [3.05, 3.63) is 23.8 Å². The van der Waals surface area contributed by atoms with E-state index in [2.05, 4.69) is 5.32 Å². The van der Waals surface area contributed by atoms with Crippen molar-refractivity contribution in [2.75, 3.05) is 31.4 Å². The third kappa shape index (κ3) is 5.24. The van der Waals surface area contributed by atoms with Crippen LogP contribution < -0.4 is 11.1 Å². The van der Waals surface area contributed by atoms with E-state index in [1.165, 1.54) is 14.0 Å². The molecule has 5 nitrogen and oxygen atoms in total. The number of halogens is 3. The Hall–Kier alpha value is -1.80. The Morgan fingerprint density at radius 1 is 1.38 bits per heavy atom. The van der Waals surface area contributed by atoms with Crippen LogP contribution >= 0.6 is 0 Å². The molecule has 0 aliphatic heterocycles. The standard InChI is InChI=1S/C13H17F3N2O3/c1-8(21-6-5-20-2)12(19)18-11-4-3-9(7-10(11)17)13(14,15)16/h3-4,7-8H,5-6,17H2,1-2H3,(H,18,19). The molecule has 1 aromatic rings. The van der Waals surface area contributed by atoms with Gasteiger partial charge in [0.05, 0.1) is 30.2 Å². The maximum atomic E-state index is 12.5. The van der Waals surface area contributed by atoms with Crippen LogP contribution in [0.3, 0.4) is 0 Å². The monoisotopic (exact) mass is 306 g/mol. The number of rotatable bonds is 6. The van der Waals surface area contributed by atoms with Gasteiger partial charge in [-0.3, -0.25) is 4.79 Å². The lowest BCUT2D eigenvalue weighted by atomic mass is 10.1. The van der Waals surface area contributed by atoms with E-state index in [-0.39, 0.29) is 18.0 Å². The average Bonchev–Trinajstić information content (AvgIpc) is 2.39. The van der Waals surface area contributed by atoms with Crippen LogP contribution in [0, 0.1) is 0 Å². The second kappa shape index (κ2) is 7.28. The summed E-state index contributed by atoms with van der Waals surface area (Å²) in [6.45, 7) is 2.08. The first-order valence-corrected chi connectivity index (χ1v) is 6.14. The zero-order chi connectivity index (χ0) is 16.0. The quantitative estimate of drug-likeness (QED) is 0.624. The van der Waals surface area contributed by atoms with Gasteiger partial charge < -0.3 is 20.5 Å². The lowest BCUT2D eigenvalue weighted by Gasteiger charge is -2.15. The van der Waals surface area contributed by atoms with E-state index in [4.69, 9.17) is 15.2 Å². The van der Waals surface area contributed by atoms with Gasteiger partial charge in [0.1, 0.15) is 6.10 Å². The van der Waals surface area contributed by atoms with Crippen LogP contribution in [0.2, 0.25) is 0 Å². The highest BCUT2D eigenvalue weighted by Gasteiger charge is 2.31. The lowest BCUT2D eigenvalue weighted by molar-refractivity contribution is -0.137. The van der Waals surface area contributed by atoms with Gasteiger partial charge in [0, 0.05) is 7.11 Å². The topological polar surface area (TPSA) is 73.6 Å². The molecule has 1 amide bonds. The Morgan fingerprint density at radius 3 is 2.57 bits per heavy atom. The highest BCUT2D eigenvalue weighted by Crippen LogP contribution is 2.32. The predicted molar refractivity (Wildman–Crippen MR) is 71.8 cm³/mol. The fraction of sp³-hybridized carbons (Fsp3) is 0.462. The highest BCUT2D eigenvalue weighted by atomic mass is 19.4. The molecule has 1 rings (SSSR count). The van der Waals surface area contributed by atoms with Gasteiger partial charge in [0.25, 0.3) is 5.91 Å². The van der Waals surface area contributed by atoms with Gasteiger partial charge >= 0.3 is 6.18 Å². The normalized spacial score (nSPS) is 13.0. The molecule has 0 aliphatic carbocycles. The van der Waals surface area contributed by atoms with Gasteiger partial charge in [-0.1, -0.05) is 0 Å². The molecular formula is C13H17F3N2O3. The van der Waals surface area contributed by atoms with E-state index in [0.717, 1.165) is 18.2 Å². The van der Waals surface area contributed by atoms with Crippen molar-refractivity contribution in [2.24, 2.45) is 0 Å². The molecule has 0 bridgehead atoms. The Labute approximate surface area is 120 Å². The molecule has 0 heterocycles. The van der Waals surface area contributed by atoms with Crippen LogP contribution in [0.25, 0.3) is 0 Å². The predicted octanol–water partition coefficient (Wildman–Crippen LogP) is 2.28. The van der Waals surface area contributed by atoms with Gasteiger partial charge in [-0.25, -0.2) is 0 Å². The second-order valence-corrected chi connectivity index (χ2v) is 4.29. The SMILES string of the molecule is COCCOC(C)C(=O)Nc1ccc(C(F)(F)F)cc1N. The van der Waals surface area contributed by atoms with E-state index in [0.29, 0.717) is 6.61 Å². The smallest absolute Gasteiger partial charge is 0.397 e. The number of alkyl halides is 3. The number of carbonyl (C=O) groups is 1. The van der Waals surface area contributed by atoms with Gasteiger partial charge in [0.15, 0.2) is 0 Å². The number of hydrogen-bond donors (Lipinski definition) is 2. The van der Waals surface area contributed by atoms with E-state index in [1.807, 2.05) is 0 Å². The van der Waals surface area contributed by atoms with Crippen molar-refractivity contribution in [3.8, 4) is 0 Å². The average molecular weight is 306 g/mol. The van der Waals surface area contributed by atoms with Crippen LogP contribution in [0.15, 0.2) is 18.2 Å². The minimum absolute atomic E-state index is 0.107. The maximum Gasteiger partial charge on any atom is 0.416 e. The number of hydrogen-bond acceptors (Lipinski definition) is 4. The first-order valence-electron chi connectivity index (χ1n) is 6.14. The van der Waals surface area contributed by atoms with Crippen LogP contribution in [-0.4, -0.2) is 32.3 Å². The molecule has 0 aliphatic rings. The first kappa shape index (κ1) is 17.3. The summed E-state index contributed by atoms with van der Waals surface area (Å²) in [6.07, 6.45) is -5.26. The summed E-state index contributed by atoms with van der Waals surface area (Å²) < 4.78 is 47.4. The van der Waals surface area contributed by atoms with Crippen LogP contribution in [-0.2, 0) is 20.4 Å². The summed E-state index contributed by atoms with van der Waals surface area (Å²) in [4.78, 5) is 11.8. The van der Waals surface area contributed by atoms with Gasteiger partial charge in [0.2, 0.25) is 0 Å². The zero-order valence-electron chi connectivity index (χ0n) is 11.7.